The minimum absolute atomic E-state index is 0.139. The van der Waals surface area contributed by atoms with Crippen molar-refractivity contribution >= 4 is 10.0 Å². The van der Waals surface area contributed by atoms with Crippen LogP contribution in [0.4, 0.5) is 4.39 Å². The first-order chi connectivity index (χ1) is 9.94. The van der Waals surface area contributed by atoms with Crippen LogP contribution < -0.4 is 10.0 Å². The van der Waals surface area contributed by atoms with Gasteiger partial charge in [0, 0.05) is 12.1 Å². The second kappa shape index (κ2) is 7.33. The first kappa shape index (κ1) is 16.4. The van der Waals surface area contributed by atoms with E-state index in [1.807, 2.05) is 6.92 Å². The standard InChI is InChI=1S/C15H23FN2O2S/c1-12(11-13-3-5-14(16)6-4-13)18-21(19,20)10-2-9-17-15-7-8-15/h3-6,12,15,17-18H,2,7-11H2,1H3. The summed E-state index contributed by atoms with van der Waals surface area (Å²) in [7, 11) is -3.25. The van der Waals surface area contributed by atoms with Crippen LogP contribution in [-0.2, 0) is 16.4 Å². The quantitative estimate of drug-likeness (QED) is 0.684. The third-order valence-corrected chi connectivity index (χ3v) is 5.02. The van der Waals surface area contributed by atoms with Crippen molar-refractivity contribution in [2.75, 3.05) is 12.3 Å². The Morgan fingerprint density at radius 2 is 1.95 bits per heavy atom. The van der Waals surface area contributed by atoms with E-state index in [4.69, 9.17) is 0 Å². The molecule has 0 aromatic heterocycles. The van der Waals surface area contributed by atoms with E-state index in [0.29, 0.717) is 18.9 Å². The molecule has 1 aliphatic rings. The third kappa shape index (κ3) is 6.54. The lowest BCUT2D eigenvalue weighted by Crippen LogP contribution is -2.36. The molecule has 0 spiro atoms. The number of hydrogen-bond acceptors (Lipinski definition) is 3. The molecule has 21 heavy (non-hydrogen) atoms. The van der Waals surface area contributed by atoms with Crippen molar-refractivity contribution in [3.05, 3.63) is 35.6 Å². The van der Waals surface area contributed by atoms with Crippen molar-refractivity contribution in [3.63, 3.8) is 0 Å². The molecule has 1 aliphatic carbocycles. The zero-order valence-corrected chi connectivity index (χ0v) is 13.1. The topological polar surface area (TPSA) is 58.2 Å². The Hall–Kier alpha value is -0.980. The Morgan fingerprint density at radius 1 is 1.29 bits per heavy atom. The van der Waals surface area contributed by atoms with Crippen LogP contribution in [0.25, 0.3) is 0 Å². The van der Waals surface area contributed by atoms with Gasteiger partial charge in [0.2, 0.25) is 10.0 Å². The average molecular weight is 314 g/mol. The van der Waals surface area contributed by atoms with Crippen LogP contribution >= 0.6 is 0 Å². The molecule has 1 aromatic carbocycles. The molecular weight excluding hydrogens is 291 g/mol. The van der Waals surface area contributed by atoms with Gasteiger partial charge < -0.3 is 5.32 Å². The summed E-state index contributed by atoms with van der Waals surface area (Å²) in [5, 5.41) is 3.30. The van der Waals surface area contributed by atoms with Gasteiger partial charge in [0.1, 0.15) is 5.82 Å². The van der Waals surface area contributed by atoms with E-state index in [9.17, 15) is 12.8 Å². The zero-order chi connectivity index (χ0) is 15.3. The molecule has 0 bridgehead atoms. The van der Waals surface area contributed by atoms with Crippen molar-refractivity contribution in [3.8, 4) is 0 Å². The maximum Gasteiger partial charge on any atom is 0.211 e. The van der Waals surface area contributed by atoms with E-state index >= 15 is 0 Å². The number of hydrogen-bond donors (Lipinski definition) is 2. The highest BCUT2D eigenvalue weighted by molar-refractivity contribution is 7.89. The normalized spacial score (nSPS) is 16.9. The van der Waals surface area contributed by atoms with Gasteiger partial charge in [-0.3, -0.25) is 0 Å². The molecule has 0 heterocycles. The Morgan fingerprint density at radius 3 is 2.57 bits per heavy atom. The third-order valence-electron chi connectivity index (χ3n) is 3.44. The molecule has 2 N–H and O–H groups in total. The van der Waals surface area contributed by atoms with Gasteiger partial charge in [-0.15, -0.1) is 0 Å². The highest BCUT2D eigenvalue weighted by atomic mass is 32.2. The molecule has 1 unspecified atom stereocenters. The van der Waals surface area contributed by atoms with E-state index in [2.05, 4.69) is 10.0 Å². The molecule has 0 saturated heterocycles. The van der Waals surface area contributed by atoms with E-state index in [0.717, 1.165) is 12.1 Å². The predicted molar refractivity (Wildman–Crippen MR) is 82.1 cm³/mol. The van der Waals surface area contributed by atoms with Crippen LogP contribution in [-0.4, -0.2) is 32.8 Å². The number of nitrogens with one attached hydrogen (secondary N) is 2. The maximum absolute atomic E-state index is 12.8. The van der Waals surface area contributed by atoms with Gasteiger partial charge in [-0.1, -0.05) is 12.1 Å². The molecule has 6 heteroatoms. The summed E-state index contributed by atoms with van der Waals surface area (Å²) in [5.41, 5.74) is 0.919. The van der Waals surface area contributed by atoms with Crippen molar-refractivity contribution < 1.29 is 12.8 Å². The van der Waals surface area contributed by atoms with Crippen LogP contribution in [0.3, 0.4) is 0 Å². The molecule has 4 nitrogen and oxygen atoms in total. The van der Waals surface area contributed by atoms with Gasteiger partial charge in [-0.25, -0.2) is 17.5 Å². The first-order valence-corrected chi connectivity index (χ1v) is 9.08. The van der Waals surface area contributed by atoms with Crippen LogP contribution in [0.5, 0.6) is 0 Å². The number of rotatable bonds is 9. The Kier molecular flexibility index (Phi) is 5.72. The maximum atomic E-state index is 12.8. The highest BCUT2D eigenvalue weighted by Gasteiger charge is 2.20. The largest absolute Gasteiger partial charge is 0.314 e. The summed E-state index contributed by atoms with van der Waals surface area (Å²) in [6.07, 6.45) is 3.59. The van der Waals surface area contributed by atoms with Gasteiger partial charge in [0.25, 0.3) is 0 Å². The lowest BCUT2D eigenvalue weighted by molar-refractivity contribution is 0.554. The number of sulfonamides is 1. The van der Waals surface area contributed by atoms with E-state index in [1.54, 1.807) is 12.1 Å². The molecule has 1 atom stereocenters. The van der Waals surface area contributed by atoms with Gasteiger partial charge in [-0.2, -0.15) is 0 Å². The zero-order valence-electron chi connectivity index (χ0n) is 12.3. The Bertz CT molecular complexity index is 541. The minimum Gasteiger partial charge on any atom is -0.314 e. The summed E-state index contributed by atoms with van der Waals surface area (Å²) in [4.78, 5) is 0. The van der Waals surface area contributed by atoms with E-state index < -0.39 is 10.0 Å². The van der Waals surface area contributed by atoms with Crippen LogP contribution in [0.15, 0.2) is 24.3 Å². The summed E-state index contributed by atoms with van der Waals surface area (Å²) in [6.45, 7) is 2.57. The molecule has 1 aromatic rings. The lowest BCUT2D eigenvalue weighted by atomic mass is 10.1. The van der Waals surface area contributed by atoms with Crippen molar-refractivity contribution in [1.29, 1.82) is 0 Å². The van der Waals surface area contributed by atoms with Crippen molar-refractivity contribution in [2.24, 2.45) is 0 Å². The molecule has 1 fully saturated rings. The second-order valence-corrected chi connectivity index (χ2v) is 7.62. The molecule has 1 saturated carbocycles. The van der Waals surface area contributed by atoms with Crippen molar-refractivity contribution in [2.45, 2.75) is 44.7 Å². The summed E-state index contributed by atoms with van der Waals surface area (Å²) in [5.74, 6) is -0.143. The number of halogens is 1. The van der Waals surface area contributed by atoms with E-state index in [-0.39, 0.29) is 17.6 Å². The first-order valence-electron chi connectivity index (χ1n) is 7.42. The number of benzene rings is 1. The summed E-state index contributed by atoms with van der Waals surface area (Å²) < 4.78 is 39.4. The minimum atomic E-state index is -3.25. The fourth-order valence-electron chi connectivity index (χ4n) is 2.24. The molecule has 0 aliphatic heterocycles. The molecule has 118 valence electrons. The fraction of sp³-hybridized carbons (Fsp3) is 0.600. The average Bonchev–Trinajstić information content (AvgIpc) is 3.21. The van der Waals surface area contributed by atoms with Crippen LogP contribution in [0.1, 0.15) is 31.7 Å². The van der Waals surface area contributed by atoms with Gasteiger partial charge in [-0.05, 0) is 56.8 Å². The summed E-state index contributed by atoms with van der Waals surface area (Å²) >= 11 is 0. The van der Waals surface area contributed by atoms with Crippen LogP contribution in [0, 0.1) is 5.82 Å². The van der Waals surface area contributed by atoms with Crippen LogP contribution in [0.2, 0.25) is 0 Å². The van der Waals surface area contributed by atoms with Gasteiger partial charge in [0.15, 0.2) is 0 Å². The predicted octanol–water partition coefficient (Wildman–Crippen LogP) is 1.82. The molecular formula is C15H23FN2O2S. The Labute approximate surface area is 126 Å². The molecule has 0 amide bonds. The van der Waals surface area contributed by atoms with Crippen molar-refractivity contribution in [1.82, 2.24) is 10.0 Å². The van der Waals surface area contributed by atoms with E-state index in [1.165, 1.54) is 25.0 Å². The van der Waals surface area contributed by atoms with Gasteiger partial charge in [0.05, 0.1) is 5.75 Å². The Balaban J connectivity index is 1.71. The fourth-order valence-corrected chi connectivity index (χ4v) is 3.58. The van der Waals surface area contributed by atoms with Gasteiger partial charge >= 0.3 is 0 Å². The molecule has 0 radical (unpaired) electrons. The monoisotopic (exact) mass is 314 g/mol. The SMILES string of the molecule is CC(Cc1ccc(F)cc1)NS(=O)(=O)CCCNC1CC1. The highest BCUT2D eigenvalue weighted by Crippen LogP contribution is 2.18. The lowest BCUT2D eigenvalue weighted by Gasteiger charge is -2.14. The molecule has 2 rings (SSSR count). The smallest absolute Gasteiger partial charge is 0.211 e. The second-order valence-electron chi connectivity index (χ2n) is 5.75. The summed E-state index contributed by atoms with van der Waals surface area (Å²) in [6, 6.07) is 6.55.